The van der Waals surface area contributed by atoms with E-state index in [1.807, 2.05) is 18.2 Å². The summed E-state index contributed by atoms with van der Waals surface area (Å²) in [5.74, 6) is 1.54. The first kappa shape index (κ1) is 15.4. The van der Waals surface area contributed by atoms with Crippen molar-refractivity contribution in [1.82, 2.24) is 4.90 Å². The SMILES string of the molecule is COc1ccc(CCN2CCC[C@@]23CC=C[C@@H]3O)cc1OC. The van der Waals surface area contributed by atoms with E-state index in [-0.39, 0.29) is 11.6 Å². The molecule has 1 aliphatic carbocycles. The predicted octanol–water partition coefficient (Wildman–Crippen LogP) is 2.40. The molecule has 0 radical (unpaired) electrons. The van der Waals surface area contributed by atoms with Crippen LogP contribution in [0.3, 0.4) is 0 Å². The smallest absolute Gasteiger partial charge is 0.160 e. The lowest BCUT2D eigenvalue weighted by Gasteiger charge is -2.38. The lowest BCUT2D eigenvalue weighted by molar-refractivity contribution is 0.0321. The maximum atomic E-state index is 10.3. The second kappa shape index (κ2) is 6.31. The van der Waals surface area contributed by atoms with Crippen LogP contribution in [0.2, 0.25) is 0 Å². The van der Waals surface area contributed by atoms with Crippen LogP contribution in [0.1, 0.15) is 24.8 Å². The van der Waals surface area contributed by atoms with Crippen LogP contribution in [0.15, 0.2) is 30.4 Å². The van der Waals surface area contributed by atoms with E-state index in [9.17, 15) is 5.11 Å². The average molecular weight is 303 g/mol. The molecule has 4 nitrogen and oxygen atoms in total. The molecule has 1 heterocycles. The molecule has 0 bridgehead atoms. The van der Waals surface area contributed by atoms with Crippen LogP contribution in [0, 0.1) is 0 Å². The van der Waals surface area contributed by atoms with Crippen molar-refractivity contribution in [2.45, 2.75) is 37.3 Å². The van der Waals surface area contributed by atoms with Gasteiger partial charge in [0.05, 0.1) is 25.9 Å². The molecule has 1 aliphatic heterocycles. The van der Waals surface area contributed by atoms with E-state index in [4.69, 9.17) is 9.47 Å². The lowest BCUT2D eigenvalue weighted by atomic mass is 9.90. The largest absolute Gasteiger partial charge is 0.493 e. The Balaban J connectivity index is 1.67. The van der Waals surface area contributed by atoms with Gasteiger partial charge in [-0.3, -0.25) is 4.90 Å². The fourth-order valence-corrected chi connectivity index (χ4v) is 3.86. The van der Waals surface area contributed by atoms with Gasteiger partial charge in [0, 0.05) is 6.54 Å². The molecule has 1 N–H and O–H groups in total. The highest BCUT2D eigenvalue weighted by molar-refractivity contribution is 5.43. The molecule has 3 rings (SSSR count). The van der Waals surface area contributed by atoms with Crippen molar-refractivity contribution in [1.29, 1.82) is 0 Å². The van der Waals surface area contributed by atoms with E-state index in [0.717, 1.165) is 43.9 Å². The Labute approximate surface area is 132 Å². The first-order valence-electron chi connectivity index (χ1n) is 8.00. The Morgan fingerprint density at radius 2 is 2.09 bits per heavy atom. The Morgan fingerprint density at radius 1 is 1.27 bits per heavy atom. The van der Waals surface area contributed by atoms with Gasteiger partial charge in [0.15, 0.2) is 11.5 Å². The minimum Gasteiger partial charge on any atom is -0.493 e. The van der Waals surface area contributed by atoms with E-state index < -0.39 is 0 Å². The van der Waals surface area contributed by atoms with Crippen LogP contribution in [0.5, 0.6) is 11.5 Å². The van der Waals surface area contributed by atoms with Gasteiger partial charge in [-0.05, 0) is 49.9 Å². The first-order valence-corrected chi connectivity index (χ1v) is 8.00. The third-order valence-corrected chi connectivity index (χ3v) is 5.13. The Hall–Kier alpha value is -1.52. The number of hydrogen-bond donors (Lipinski definition) is 1. The Bertz CT molecular complexity index is 557. The van der Waals surface area contributed by atoms with Crippen LogP contribution in [-0.4, -0.2) is 49.0 Å². The van der Waals surface area contributed by atoms with Gasteiger partial charge < -0.3 is 14.6 Å². The summed E-state index contributed by atoms with van der Waals surface area (Å²) < 4.78 is 10.7. The monoisotopic (exact) mass is 303 g/mol. The highest BCUT2D eigenvalue weighted by atomic mass is 16.5. The summed E-state index contributed by atoms with van der Waals surface area (Å²) in [6, 6.07) is 6.10. The van der Waals surface area contributed by atoms with Gasteiger partial charge in [-0.25, -0.2) is 0 Å². The van der Waals surface area contributed by atoms with Crippen molar-refractivity contribution >= 4 is 0 Å². The molecule has 0 unspecified atom stereocenters. The minimum atomic E-state index is -0.319. The third kappa shape index (κ3) is 2.61. The van der Waals surface area contributed by atoms with Crippen LogP contribution < -0.4 is 9.47 Å². The molecule has 0 saturated carbocycles. The molecular formula is C18H25NO3. The summed E-state index contributed by atoms with van der Waals surface area (Å²) in [5.41, 5.74) is 1.19. The van der Waals surface area contributed by atoms with Gasteiger partial charge in [0.2, 0.25) is 0 Å². The second-order valence-corrected chi connectivity index (χ2v) is 6.21. The van der Waals surface area contributed by atoms with Crippen molar-refractivity contribution in [3.05, 3.63) is 35.9 Å². The number of benzene rings is 1. The number of methoxy groups -OCH3 is 2. The van der Waals surface area contributed by atoms with Gasteiger partial charge in [0.25, 0.3) is 0 Å². The van der Waals surface area contributed by atoms with Crippen LogP contribution in [0.4, 0.5) is 0 Å². The highest BCUT2D eigenvalue weighted by Crippen LogP contribution is 2.40. The van der Waals surface area contributed by atoms with Crippen molar-refractivity contribution in [3.8, 4) is 11.5 Å². The normalized spacial score (nSPS) is 27.7. The molecule has 2 atom stereocenters. The van der Waals surface area contributed by atoms with Crippen molar-refractivity contribution in [3.63, 3.8) is 0 Å². The van der Waals surface area contributed by atoms with E-state index >= 15 is 0 Å². The summed E-state index contributed by atoms with van der Waals surface area (Å²) >= 11 is 0. The number of ether oxygens (including phenoxy) is 2. The zero-order valence-corrected chi connectivity index (χ0v) is 13.4. The summed E-state index contributed by atoms with van der Waals surface area (Å²) in [4.78, 5) is 2.47. The summed E-state index contributed by atoms with van der Waals surface area (Å²) in [7, 11) is 3.32. The summed E-state index contributed by atoms with van der Waals surface area (Å²) in [6.07, 6.45) is 7.95. The molecule has 22 heavy (non-hydrogen) atoms. The number of aliphatic hydroxyl groups is 1. The zero-order chi connectivity index (χ0) is 15.6. The fraction of sp³-hybridized carbons (Fsp3) is 0.556. The standard InChI is InChI=1S/C18H25NO3/c1-21-15-7-6-14(13-16(15)22-2)8-12-19-11-4-10-18(19)9-3-5-17(18)20/h3,5-7,13,17,20H,4,8-12H2,1-2H3/t17-,18+/m0/s1. The van der Waals surface area contributed by atoms with Crippen molar-refractivity contribution in [2.75, 3.05) is 27.3 Å². The number of aliphatic hydroxyl groups excluding tert-OH is 1. The topological polar surface area (TPSA) is 41.9 Å². The molecule has 1 aromatic carbocycles. The van der Waals surface area contributed by atoms with Crippen LogP contribution in [-0.2, 0) is 6.42 Å². The highest BCUT2D eigenvalue weighted by Gasteiger charge is 2.46. The molecule has 0 aromatic heterocycles. The molecule has 0 amide bonds. The molecule has 1 fully saturated rings. The predicted molar refractivity (Wildman–Crippen MR) is 86.6 cm³/mol. The molecular weight excluding hydrogens is 278 g/mol. The number of nitrogens with zero attached hydrogens (tertiary/aromatic N) is 1. The van der Waals surface area contributed by atoms with E-state index in [0.29, 0.717) is 0 Å². The molecule has 1 spiro atoms. The van der Waals surface area contributed by atoms with Crippen LogP contribution in [0.25, 0.3) is 0 Å². The van der Waals surface area contributed by atoms with E-state index in [1.165, 1.54) is 12.0 Å². The van der Waals surface area contributed by atoms with Crippen LogP contribution >= 0.6 is 0 Å². The molecule has 1 saturated heterocycles. The van der Waals surface area contributed by atoms with E-state index in [2.05, 4.69) is 17.0 Å². The van der Waals surface area contributed by atoms with Gasteiger partial charge in [-0.15, -0.1) is 0 Å². The van der Waals surface area contributed by atoms with Gasteiger partial charge in [-0.2, -0.15) is 0 Å². The summed E-state index contributed by atoms with van der Waals surface area (Å²) in [6.45, 7) is 2.04. The minimum absolute atomic E-state index is 0.0451. The van der Waals surface area contributed by atoms with Gasteiger partial charge >= 0.3 is 0 Å². The number of rotatable bonds is 5. The summed E-state index contributed by atoms with van der Waals surface area (Å²) in [5, 5.41) is 10.3. The number of likely N-dealkylation sites (tertiary alicyclic amines) is 1. The average Bonchev–Trinajstić information content (AvgIpc) is 3.12. The molecule has 120 valence electrons. The second-order valence-electron chi connectivity index (χ2n) is 6.21. The van der Waals surface area contributed by atoms with Crippen molar-refractivity contribution in [2.24, 2.45) is 0 Å². The van der Waals surface area contributed by atoms with E-state index in [1.54, 1.807) is 14.2 Å². The van der Waals surface area contributed by atoms with Crippen molar-refractivity contribution < 1.29 is 14.6 Å². The van der Waals surface area contributed by atoms with Gasteiger partial charge in [-0.1, -0.05) is 18.2 Å². The maximum Gasteiger partial charge on any atom is 0.160 e. The Kier molecular flexibility index (Phi) is 4.41. The van der Waals surface area contributed by atoms with Gasteiger partial charge in [0.1, 0.15) is 0 Å². The molecule has 1 aromatic rings. The Morgan fingerprint density at radius 3 is 2.77 bits per heavy atom. The zero-order valence-electron chi connectivity index (χ0n) is 13.4. The third-order valence-electron chi connectivity index (χ3n) is 5.13. The number of hydrogen-bond acceptors (Lipinski definition) is 4. The lowest BCUT2D eigenvalue weighted by Crippen LogP contribution is -2.50. The maximum absolute atomic E-state index is 10.3. The first-order chi connectivity index (χ1) is 10.7. The molecule has 2 aliphatic rings. The molecule has 4 heteroatoms. The fourth-order valence-electron chi connectivity index (χ4n) is 3.86. The quantitative estimate of drug-likeness (QED) is 0.848.